The number of nitrogens with two attached hydrogens (primary N) is 1. The van der Waals surface area contributed by atoms with Crippen LogP contribution in [-0.4, -0.2) is 28.2 Å². The van der Waals surface area contributed by atoms with Gasteiger partial charge in [0, 0.05) is 19.2 Å². The molecule has 4 N–H and O–H groups in total. The molecule has 7 heteroatoms. The fraction of sp³-hybridized carbons (Fsp3) is 0.545. The molecule has 0 atom stereocenters. The fourth-order valence-electron chi connectivity index (χ4n) is 1.46. The average molecular weight is 254 g/mol. The van der Waals surface area contributed by atoms with Gasteiger partial charge in [-0.2, -0.15) is 0 Å². The van der Waals surface area contributed by atoms with E-state index in [1.165, 1.54) is 12.1 Å². The first-order chi connectivity index (χ1) is 8.35. The SMILES string of the molecule is CC(C)(CCO)CNc1nc(N)ccc1[N+](=O)[O-]. The summed E-state index contributed by atoms with van der Waals surface area (Å²) < 4.78 is 0. The van der Waals surface area contributed by atoms with E-state index in [2.05, 4.69) is 10.3 Å². The van der Waals surface area contributed by atoms with E-state index in [-0.39, 0.29) is 29.3 Å². The molecule has 0 aliphatic rings. The molecule has 0 spiro atoms. The largest absolute Gasteiger partial charge is 0.396 e. The molecule has 1 aromatic heterocycles. The number of aromatic nitrogens is 1. The molecule has 7 nitrogen and oxygen atoms in total. The first kappa shape index (κ1) is 14.2. The van der Waals surface area contributed by atoms with E-state index in [0.717, 1.165) is 0 Å². The number of nitro groups is 1. The Morgan fingerprint density at radius 1 is 1.56 bits per heavy atom. The number of nitrogens with zero attached hydrogens (tertiary/aromatic N) is 2. The number of hydrogen-bond acceptors (Lipinski definition) is 6. The van der Waals surface area contributed by atoms with Crippen LogP contribution in [0.15, 0.2) is 12.1 Å². The summed E-state index contributed by atoms with van der Waals surface area (Å²) in [7, 11) is 0. The van der Waals surface area contributed by atoms with E-state index in [0.29, 0.717) is 13.0 Å². The summed E-state index contributed by atoms with van der Waals surface area (Å²) >= 11 is 0. The summed E-state index contributed by atoms with van der Waals surface area (Å²) in [5, 5.41) is 22.7. The molecule has 0 saturated heterocycles. The summed E-state index contributed by atoms with van der Waals surface area (Å²) in [6.45, 7) is 4.44. The van der Waals surface area contributed by atoms with Crippen molar-refractivity contribution in [1.29, 1.82) is 0 Å². The van der Waals surface area contributed by atoms with Crippen molar-refractivity contribution in [3.63, 3.8) is 0 Å². The summed E-state index contributed by atoms with van der Waals surface area (Å²) in [4.78, 5) is 14.2. The highest BCUT2D eigenvalue weighted by Gasteiger charge is 2.21. The number of aliphatic hydroxyl groups excluding tert-OH is 1. The van der Waals surface area contributed by atoms with Crippen molar-refractivity contribution in [3.05, 3.63) is 22.2 Å². The molecule has 18 heavy (non-hydrogen) atoms. The second kappa shape index (κ2) is 5.63. The first-order valence-electron chi connectivity index (χ1n) is 5.61. The molecular weight excluding hydrogens is 236 g/mol. The Balaban J connectivity index is 2.83. The van der Waals surface area contributed by atoms with Crippen LogP contribution < -0.4 is 11.1 Å². The summed E-state index contributed by atoms with van der Waals surface area (Å²) in [5.41, 5.74) is 5.22. The topological polar surface area (TPSA) is 114 Å². The van der Waals surface area contributed by atoms with Crippen LogP contribution in [0.1, 0.15) is 20.3 Å². The van der Waals surface area contributed by atoms with Crippen molar-refractivity contribution in [2.75, 3.05) is 24.2 Å². The third kappa shape index (κ3) is 3.85. The van der Waals surface area contributed by atoms with Crippen molar-refractivity contribution in [3.8, 4) is 0 Å². The lowest BCUT2D eigenvalue weighted by Crippen LogP contribution is -2.25. The van der Waals surface area contributed by atoms with E-state index >= 15 is 0 Å². The van der Waals surface area contributed by atoms with E-state index < -0.39 is 4.92 Å². The van der Waals surface area contributed by atoms with Crippen molar-refractivity contribution in [2.24, 2.45) is 5.41 Å². The Bertz CT molecular complexity index is 434. The number of pyridine rings is 1. The van der Waals surface area contributed by atoms with Gasteiger partial charge in [0.15, 0.2) is 0 Å². The quantitative estimate of drug-likeness (QED) is 0.522. The van der Waals surface area contributed by atoms with Crippen molar-refractivity contribution < 1.29 is 10.0 Å². The monoisotopic (exact) mass is 254 g/mol. The summed E-state index contributed by atoms with van der Waals surface area (Å²) in [5.74, 6) is 0.383. The predicted octanol–water partition coefficient (Wildman–Crippen LogP) is 1.39. The van der Waals surface area contributed by atoms with Crippen molar-refractivity contribution >= 4 is 17.3 Å². The summed E-state index contributed by atoms with van der Waals surface area (Å²) in [6, 6.07) is 2.71. The molecule has 0 aliphatic heterocycles. The number of hydrogen-bond donors (Lipinski definition) is 3. The standard InChI is InChI=1S/C11H18N4O3/c1-11(2,5-6-16)7-13-10-8(15(17)18)3-4-9(12)14-10/h3-4,16H,5-7H2,1-2H3,(H3,12,13,14). The number of aliphatic hydroxyl groups is 1. The highest BCUT2D eigenvalue weighted by Crippen LogP contribution is 2.26. The molecule has 0 amide bonds. The van der Waals surface area contributed by atoms with Crippen LogP contribution in [0, 0.1) is 15.5 Å². The van der Waals surface area contributed by atoms with Gasteiger partial charge >= 0.3 is 5.69 Å². The van der Waals surface area contributed by atoms with Crippen LogP contribution in [0.2, 0.25) is 0 Å². The fourth-order valence-corrected chi connectivity index (χ4v) is 1.46. The van der Waals surface area contributed by atoms with Gasteiger partial charge in [-0.1, -0.05) is 13.8 Å². The molecule has 0 fully saturated rings. The minimum absolute atomic E-state index is 0.0706. The Morgan fingerprint density at radius 3 is 2.78 bits per heavy atom. The normalized spacial score (nSPS) is 11.3. The minimum atomic E-state index is -0.506. The van der Waals surface area contributed by atoms with E-state index in [9.17, 15) is 10.1 Å². The van der Waals surface area contributed by atoms with Crippen LogP contribution in [0.25, 0.3) is 0 Å². The molecule has 1 heterocycles. The molecular formula is C11H18N4O3. The smallest absolute Gasteiger partial charge is 0.311 e. The van der Waals surface area contributed by atoms with Gasteiger partial charge in [0.2, 0.25) is 5.82 Å². The third-order valence-electron chi connectivity index (χ3n) is 2.62. The average Bonchev–Trinajstić information content (AvgIpc) is 2.26. The van der Waals surface area contributed by atoms with Gasteiger partial charge in [-0.05, 0) is 17.9 Å². The van der Waals surface area contributed by atoms with Crippen molar-refractivity contribution in [2.45, 2.75) is 20.3 Å². The molecule has 0 unspecified atom stereocenters. The molecule has 0 radical (unpaired) electrons. The predicted molar refractivity (Wildman–Crippen MR) is 69.3 cm³/mol. The third-order valence-corrected chi connectivity index (χ3v) is 2.62. The second-order valence-corrected chi connectivity index (χ2v) is 4.85. The van der Waals surface area contributed by atoms with Crippen LogP contribution in [0.5, 0.6) is 0 Å². The Labute approximate surface area is 105 Å². The highest BCUT2D eigenvalue weighted by molar-refractivity contribution is 5.59. The molecule has 0 aromatic carbocycles. The second-order valence-electron chi connectivity index (χ2n) is 4.85. The van der Waals surface area contributed by atoms with Gasteiger partial charge in [0.25, 0.3) is 0 Å². The van der Waals surface area contributed by atoms with E-state index in [4.69, 9.17) is 10.8 Å². The maximum absolute atomic E-state index is 10.8. The lowest BCUT2D eigenvalue weighted by atomic mass is 9.90. The molecule has 100 valence electrons. The van der Waals surface area contributed by atoms with Gasteiger partial charge in [0.05, 0.1) is 4.92 Å². The molecule has 1 aromatic rings. The lowest BCUT2D eigenvalue weighted by molar-refractivity contribution is -0.384. The van der Waals surface area contributed by atoms with Crippen LogP contribution in [0.4, 0.5) is 17.3 Å². The maximum Gasteiger partial charge on any atom is 0.311 e. The molecule has 0 saturated carbocycles. The van der Waals surface area contributed by atoms with E-state index in [1.807, 2.05) is 13.8 Å². The minimum Gasteiger partial charge on any atom is -0.396 e. The maximum atomic E-state index is 10.8. The van der Waals surface area contributed by atoms with E-state index in [1.54, 1.807) is 0 Å². The van der Waals surface area contributed by atoms with Gasteiger partial charge in [-0.15, -0.1) is 0 Å². The number of nitrogen functional groups attached to an aromatic ring is 1. The molecule has 0 aliphatic carbocycles. The van der Waals surface area contributed by atoms with Gasteiger partial charge in [0.1, 0.15) is 5.82 Å². The number of rotatable bonds is 6. The number of anilines is 2. The van der Waals surface area contributed by atoms with Crippen LogP contribution >= 0.6 is 0 Å². The summed E-state index contributed by atoms with van der Waals surface area (Å²) in [6.07, 6.45) is 0.593. The first-order valence-corrected chi connectivity index (χ1v) is 5.61. The van der Waals surface area contributed by atoms with Crippen LogP contribution in [-0.2, 0) is 0 Å². The van der Waals surface area contributed by atoms with Gasteiger partial charge in [-0.3, -0.25) is 10.1 Å². The zero-order valence-electron chi connectivity index (χ0n) is 10.5. The van der Waals surface area contributed by atoms with Crippen molar-refractivity contribution in [1.82, 2.24) is 4.98 Å². The highest BCUT2D eigenvalue weighted by atomic mass is 16.6. The molecule has 0 bridgehead atoms. The van der Waals surface area contributed by atoms with Crippen LogP contribution in [0.3, 0.4) is 0 Å². The zero-order chi connectivity index (χ0) is 13.8. The van der Waals surface area contributed by atoms with Gasteiger partial charge in [-0.25, -0.2) is 4.98 Å². The lowest BCUT2D eigenvalue weighted by Gasteiger charge is -2.24. The zero-order valence-corrected chi connectivity index (χ0v) is 10.5. The van der Waals surface area contributed by atoms with Gasteiger partial charge < -0.3 is 16.2 Å². The molecule has 1 rings (SSSR count). The number of nitrogens with one attached hydrogen (secondary N) is 1. The Kier molecular flexibility index (Phi) is 4.43. The Morgan fingerprint density at radius 2 is 2.22 bits per heavy atom. The Hall–Kier alpha value is -1.89.